The lowest BCUT2D eigenvalue weighted by Gasteiger charge is -2.16. The van der Waals surface area contributed by atoms with Gasteiger partial charge in [0.05, 0.1) is 6.20 Å². The van der Waals surface area contributed by atoms with E-state index in [1.807, 2.05) is 13.8 Å². The van der Waals surface area contributed by atoms with Crippen molar-refractivity contribution in [3.05, 3.63) is 33.9 Å². The molecule has 0 saturated carbocycles. The standard InChI is InChI=1S/C11H13N3O3/c1-6(2)13-7(3)4-9(15)14-10(13)8(5-12-14)11(16)17/h4-6H,1-3H3,(H,16,17). The molecule has 2 aromatic heterocycles. The highest BCUT2D eigenvalue weighted by Crippen LogP contribution is 2.16. The third-order valence-electron chi connectivity index (χ3n) is 2.64. The predicted octanol–water partition coefficient (Wildman–Crippen LogP) is 1.08. The van der Waals surface area contributed by atoms with Crippen molar-refractivity contribution in [1.82, 2.24) is 14.2 Å². The summed E-state index contributed by atoms with van der Waals surface area (Å²) in [6, 6.07) is 1.50. The number of carbonyl (C=O) groups is 1. The average Bonchev–Trinajstić information content (AvgIpc) is 2.61. The first-order valence-corrected chi connectivity index (χ1v) is 5.26. The summed E-state index contributed by atoms with van der Waals surface area (Å²) in [6.07, 6.45) is 1.21. The molecule has 0 saturated heterocycles. The Balaban J connectivity index is 3.00. The van der Waals surface area contributed by atoms with E-state index < -0.39 is 5.97 Å². The van der Waals surface area contributed by atoms with Crippen LogP contribution in [0.1, 0.15) is 35.9 Å². The van der Waals surface area contributed by atoms with Gasteiger partial charge in [-0.3, -0.25) is 4.79 Å². The van der Waals surface area contributed by atoms with E-state index in [9.17, 15) is 9.59 Å². The summed E-state index contributed by atoms with van der Waals surface area (Å²) in [5, 5.41) is 12.9. The van der Waals surface area contributed by atoms with Crippen LogP contribution in [0.2, 0.25) is 0 Å². The fraction of sp³-hybridized carbons (Fsp3) is 0.364. The number of hydrogen-bond donors (Lipinski definition) is 1. The van der Waals surface area contributed by atoms with Gasteiger partial charge in [-0.1, -0.05) is 0 Å². The predicted molar refractivity (Wildman–Crippen MR) is 61.5 cm³/mol. The van der Waals surface area contributed by atoms with Gasteiger partial charge in [-0.05, 0) is 20.8 Å². The number of aromatic nitrogens is 3. The summed E-state index contributed by atoms with van der Waals surface area (Å²) in [5.74, 6) is -1.08. The molecular formula is C11H13N3O3. The fourth-order valence-electron chi connectivity index (χ4n) is 2.01. The number of rotatable bonds is 2. The number of aryl methyl sites for hydroxylation is 1. The van der Waals surface area contributed by atoms with E-state index in [0.29, 0.717) is 5.65 Å². The van der Waals surface area contributed by atoms with Crippen LogP contribution in [-0.2, 0) is 0 Å². The van der Waals surface area contributed by atoms with E-state index in [4.69, 9.17) is 5.11 Å². The normalized spacial score (nSPS) is 11.3. The van der Waals surface area contributed by atoms with E-state index in [-0.39, 0.29) is 17.2 Å². The minimum Gasteiger partial charge on any atom is -0.477 e. The third-order valence-corrected chi connectivity index (χ3v) is 2.64. The first-order chi connectivity index (χ1) is 7.93. The maximum atomic E-state index is 11.7. The molecule has 1 N–H and O–H groups in total. The summed E-state index contributed by atoms with van der Waals surface area (Å²) in [6.45, 7) is 5.63. The summed E-state index contributed by atoms with van der Waals surface area (Å²) in [5.41, 5.74) is 0.777. The van der Waals surface area contributed by atoms with Crippen LogP contribution in [0.15, 0.2) is 17.1 Å². The number of fused-ring (bicyclic) bond motifs is 1. The summed E-state index contributed by atoms with van der Waals surface area (Å²) >= 11 is 0. The van der Waals surface area contributed by atoms with Crippen molar-refractivity contribution < 1.29 is 9.90 Å². The number of nitrogens with zero attached hydrogens (tertiary/aromatic N) is 3. The molecule has 90 valence electrons. The number of carboxylic acid groups (broad SMARTS) is 1. The van der Waals surface area contributed by atoms with Gasteiger partial charge in [0.2, 0.25) is 0 Å². The minimum atomic E-state index is -1.08. The number of carboxylic acids is 1. The highest BCUT2D eigenvalue weighted by atomic mass is 16.4. The first kappa shape index (κ1) is 11.4. The van der Waals surface area contributed by atoms with Crippen molar-refractivity contribution in [3.63, 3.8) is 0 Å². The average molecular weight is 235 g/mol. The molecule has 6 heteroatoms. The molecule has 0 atom stereocenters. The van der Waals surface area contributed by atoms with Crippen LogP contribution in [0.5, 0.6) is 0 Å². The van der Waals surface area contributed by atoms with E-state index in [1.54, 1.807) is 11.5 Å². The third kappa shape index (κ3) is 1.61. The Morgan fingerprint density at radius 2 is 2.12 bits per heavy atom. The van der Waals surface area contributed by atoms with Gasteiger partial charge in [0.1, 0.15) is 5.56 Å². The maximum absolute atomic E-state index is 11.7. The second-order valence-electron chi connectivity index (χ2n) is 4.19. The van der Waals surface area contributed by atoms with Gasteiger partial charge in [-0.2, -0.15) is 9.61 Å². The lowest BCUT2D eigenvalue weighted by atomic mass is 10.2. The van der Waals surface area contributed by atoms with Crippen molar-refractivity contribution in [2.75, 3.05) is 0 Å². The lowest BCUT2D eigenvalue weighted by Crippen LogP contribution is -2.21. The Bertz CT molecular complexity index is 652. The monoisotopic (exact) mass is 235 g/mol. The summed E-state index contributed by atoms with van der Waals surface area (Å²) in [7, 11) is 0. The van der Waals surface area contributed by atoms with Crippen LogP contribution in [0, 0.1) is 6.92 Å². The second-order valence-corrected chi connectivity index (χ2v) is 4.19. The van der Waals surface area contributed by atoms with E-state index in [0.717, 1.165) is 10.2 Å². The Morgan fingerprint density at radius 3 is 2.65 bits per heavy atom. The molecule has 0 radical (unpaired) electrons. The molecule has 0 aromatic carbocycles. The van der Waals surface area contributed by atoms with Crippen molar-refractivity contribution >= 4 is 11.6 Å². The topological polar surface area (TPSA) is 76.6 Å². The largest absolute Gasteiger partial charge is 0.477 e. The zero-order valence-electron chi connectivity index (χ0n) is 9.84. The lowest BCUT2D eigenvalue weighted by molar-refractivity contribution is 0.0698. The molecular weight excluding hydrogens is 222 g/mol. The van der Waals surface area contributed by atoms with Gasteiger partial charge in [0.25, 0.3) is 5.56 Å². The quantitative estimate of drug-likeness (QED) is 0.845. The Kier molecular flexibility index (Phi) is 2.49. The molecule has 0 aliphatic rings. The van der Waals surface area contributed by atoms with Gasteiger partial charge >= 0.3 is 5.97 Å². The highest BCUT2D eigenvalue weighted by molar-refractivity contribution is 5.94. The Labute approximate surface area is 97.1 Å². The van der Waals surface area contributed by atoms with Gasteiger partial charge in [-0.25, -0.2) is 4.79 Å². The minimum absolute atomic E-state index is 0.0412. The number of hydrogen-bond acceptors (Lipinski definition) is 3. The smallest absolute Gasteiger partial charge is 0.341 e. The van der Waals surface area contributed by atoms with E-state index in [2.05, 4.69) is 5.10 Å². The van der Waals surface area contributed by atoms with Crippen molar-refractivity contribution in [1.29, 1.82) is 0 Å². The van der Waals surface area contributed by atoms with Gasteiger partial charge in [0, 0.05) is 17.8 Å². The van der Waals surface area contributed by atoms with Crippen LogP contribution in [0.3, 0.4) is 0 Å². The molecule has 0 unspecified atom stereocenters. The van der Waals surface area contributed by atoms with Crippen LogP contribution in [0.4, 0.5) is 0 Å². The first-order valence-electron chi connectivity index (χ1n) is 5.26. The van der Waals surface area contributed by atoms with Crippen LogP contribution >= 0.6 is 0 Å². The molecule has 0 aliphatic heterocycles. The zero-order chi connectivity index (χ0) is 12.7. The van der Waals surface area contributed by atoms with Crippen molar-refractivity contribution in [2.45, 2.75) is 26.8 Å². The van der Waals surface area contributed by atoms with Crippen molar-refractivity contribution in [3.8, 4) is 0 Å². The molecule has 2 aromatic rings. The van der Waals surface area contributed by atoms with Crippen LogP contribution in [-0.4, -0.2) is 25.3 Å². The zero-order valence-corrected chi connectivity index (χ0v) is 9.84. The number of aromatic carboxylic acids is 1. The van der Waals surface area contributed by atoms with Crippen LogP contribution in [0.25, 0.3) is 5.65 Å². The van der Waals surface area contributed by atoms with E-state index in [1.165, 1.54) is 12.3 Å². The van der Waals surface area contributed by atoms with Gasteiger partial charge < -0.3 is 9.67 Å². The molecule has 2 heterocycles. The second kappa shape index (κ2) is 3.73. The molecule has 0 aliphatic carbocycles. The summed E-state index contributed by atoms with van der Waals surface area (Å²) < 4.78 is 2.91. The maximum Gasteiger partial charge on any atom is 0.341 e. The Morgan fingerprint density at radius 1 is 1.47 bits per heavy atom. The molecule has 2 rings (SSSR count). The molecule has 0 bridgehead atoms. The molecule has 6 nitrogen and oxygen atoms in total. The molecule has 0 amide bonds. The Hall–Kier alpha value is -2.11. The SMILES string of the molecule is Cc1cc(=O)n2ncc(C(=O)O)c2n1C(C)C. The molecule has 17 heavy (non-hydrogen) atoms. The highest BCUT2D eigenvalue weighted by Gasteiger charge is 2.18. The molecule has 0 spiro atoms. The van der Waals surface area contributed by atoms with Gasteiger partial charge in [0.15, 0.2) is 5.65 Å². The van der Waals surface area contributed by atoms with E-state index >= 15 is 0 Å². The fourth-order valence-corrected chi connectivity index (χ4v) is 2.01. The van der Waals surface area contributed by atoms with Crippen LogP contribution < -0.4 is 5.56 Å². The van der Waals surface area contributed by atoms with Crippen molar-refractivity contribution in [2.24, 2.45) is 0 Å². The molecule has 0 fully saturated rings. The van der Waals surface area contributed by atoms with Gasteiger partial charge in [-0.15, -0.1) is 0 Å². The summed E-state index contributed by atoms with van der Waals surface area (Å²) in [4.78, 5) is 22.8.